The largest absolute Gasteiger partial charge is 0.306 e. The first-order chi connectivity index (χ1) is 7.73. The summed E-state index contributed by atoms with van der Waals surface area (Å²) in [7, 11) is 0. The summed E-state index contributed by atoms with van der Waals surface area (Å²) in [6, 6.07) is 0. The van der Waals surface area contributed by atoms with Crippen molar-refractivity contribution in [2.75, 3.05) is 0 Å². The summed E-state index contributed by atoms with van der Waals surface area (Å²) in [5.74, 6) is 2.49. The average molecular weight is 275 g/mol. The van der Waals surface area contributed by atoms with Crippen LogP contribution < -0.4 is 0 Å². The van der Waals surface area contributed by atoms with Gasteiger partial charge in [-0.25, -0.2) is 0 Å². The quantitative estimate of drug-likeness (QED) is 0.595. The van der Waals surface area contributed by atoms with Gasteiger partial charge >= 0.3 is 0 Å². The molecule has 0 saturated heterocycles. The van der Waals surface area contributed by atoms with Gasteiger partial charge in [-0.15, -0.1) is 0 Å². The first-order valence-corrected chi connectivity index (χ1v) is 9.65. The smallest absolute Gasteiger partial charge is 0.180 e. The summed E-state index contributed by atoms with van der Waals surface area (Å²) in [4.78, 5) is 0. The van der Waals surface area contributed by atoms with Gasteiger partial charge in [0, 0.05) is 10.3 Å². The molecule has 0 aromatic carbocycles. The highest BCUT2D eigenvalue weighted by Gasteiger charge is 2.61. The SMILES string of the molecule is CC(C)(C)[P@@](=O)(Cl)C12CC3CC(CC(C3)C1)C2. The van der Waals surface area contributed by atoms with Crippen LogP contribution in [0.1, 0.15) is 59.3 Å². The molecule has 0 radical (unpaired) electrons. The first-order valence-electron chi connectivity index (χ1n) is 7.03. The Morgan fingerprint density at radius 3 is 1.65 bits per heavy atom. The van der Waals surface area contributed by atoms with Crippen LogP contribution >= 0.6 is 17.7 Å². The maximum atomic E-state index is 13.3. The predicted molar refractivity (Wildman–Crippen MR) is 74.1 cm³/mol. The van der Waals surface area contributed by atoms with Gasteiger partial charge in [-0.05, 0) is 56.3 Å². The monoisotopic (exact) mass is 274 g/mol. The number of hydrogen-bond donors (Lipinski definition) is 0. The molecule has 0 aromatic heterocycles. The van der Waals surface area contributed by atoms with Crippen molar-refractivity contribution in [2.24, 2.45) is 17.8 Å². The Balaban J connectivity index is 2.00. The molecule has 0 heterocycles. The molecule has 0 aliphatic heterocycles. The zero-order chi connectivity index (χ0) is 12.5. The molecule has 98 valence electrons. The zero-order valence-corrected chi connectivity index (χ0v) is 12.9. The van der Waals surface area contributed by atoms with Crippen LogP contribution in [0.25, 0.3) is 0 Å². The molecule has 17 heavy (non-hydrogen) atoms. The molecule has 0 N–H and O–H groups in total. The molecule has 1 nitrogen and oxygen atoms in total. The minimum absolute atomic E-state index is 0.00154. The molecule has 4 aliphatic rings. The second-order valence-electron chi connectivity index (χ2n) is 7.85. The van der Waals surface area contributed by atoms with Crippen molar-refractivity contribution in [1.29, 1.82) is 0 Å². The van der Waals surface area contributed by atoms with E-state index < -0.39 is 6.49 Å². The van der Waals surface area contributed by atoms with E-state index in [-0.39, 0.29) is 10.3 Å². The lowest BCUT2D eigenvalue weighted by Gasteiger charge is -2.59. The van der Waals surface area contributed by atoms with Crippen molar-refractivity contribution in [3.8, 4) is 0 Å². The van der Waals surface area contributed by atoms with Crippen LogP contribution in [-0.4, -0.2) is 10.3 Å². The highest BCUT2D eigenvalue weighted by Crippen LogP contribution is 2.79. The van der Waals surface area contributed by atoms with Gasteiger partial charge in [0.1, 0.15) is 0 Å². The molecule has 3 heteroatoms. The lowest BCUT2D eigenvalue weighted by molar-refractivity contribution is 0.0329. The number of hydrogen-bond acceptors (Lipinski definition) is 1. The summed E-state index contributed by atoms with van der Waals surface area (Å²) in [6.07, 6.45) is 7.62. The van der Waals surface area contributed by atoms with E-state index >= 15 is 0 Å². The van der Waals surface area contributed by atoms with Crippen LogP contribution in [0.3, 0.4) is 0 Å². The Morgan fingerprint density at radius 1 is 1.00 bits per heavy atom. The topological polar surface area (TPSA) is 17.1 Å². The van der Waals surface area contributed by atoms with Crippen molar-refractivity contribution >= 4 is 17.7 Å². The van der Waals surface area contributed by atoms with Gasteiger partial charge in [0.15, 0.2) is 6.49 Å². The summed E-state index contributed by atoms with van der Waals surface area (Å²) in [5.41, 5.74) is 0. The molecular formula is C14H24ClOP. The van der Waals surface area contributed by atoms with E-state index in [0.29, 0.717) is 0 Å². The molecule has 0 unspecified atom stereocenters. The van der Waals surface area contributed by atoms with Crippen molar-refractivity contribution in [3.05, 3.63) is 0 Å². The molecule has 4 bridgehead atoms. The van der Waals surface area contributed by atoms with Gasteiger partial charge in [-0.2, -0.15) is 0 Å². The van der Waals surface area contributed by atoms with Crippen molar-refractivity contribution < 1.29 is 4.57 Å². The molecule has 1 atom stereocenters. The molecule has 4 aliphatic carbocycles. The van der Waals surface area contributed by atoms with E-state index in [1.54, 1.807) is 0 Å². The minimum Gasteiger partial charge on any atom is -0.306 e. The van der Waals surface area contributed by atoms with E-state index in [4.69, 9.17) is 11.2 Å². The molecule has 4 fully saturated rings. The first kappa shape index (κ1) is 12.5. The van der Waals surface area contributed by atoms with E-state index in [9.17, 15) is 4.57 Å². The number of halogens is 1. The number of rotatable bonds is 1. The second-order valence-corrected chi connectivity index (χ2v) is 12.6. The van der Waals surface area contributed by atoms with E-state index in [1.165, 1.54) is 19.3 Å². The van der Waals surface area contributed by atoms with Gasteiger partial charge in [0.25, 0.3) is 0 Å². The lowest BCUT2D eigenvalue weighted by Crippen LogP contribution is -2.51. The third kappa shape index (κ3) is 1.68. The fourth-order valence-electron chi connectivity index (χ4n) is 5.13. The van der Waals surface area contributed by atoms with Crippen LogP contribution in [-0.2, 0) is 4.57 Å². The fraction of sp³-hybridized carbons (Fsp3) is 1.00. The normalized spacial score (nSPS) is 48.1. The standard InChI is InChI=1S/C14H24ClOP/c1-13(2,3)17(15,16)14-7-10-4-11(8-14)6-12(5-10)9-14/h10-12H,4-9H2,1-3H3/t10?,11?,12?,14?,17-/m0/s1. The fourth-order valence-corrected chi connectivity index (χ4v) is 8.65. The maximum Gasteiger partial charge on any atom is 0.180 e. The van der Waals surface area contributed by atoms with E-state index in [1.807, 2.05) is 0 Å². The Hall–Kier alpha value is 0.520. The summed E-state index contributed by atoms with van der Waals surface area (Å²) < 4.78 is 13.3. The Bertz CT molecular complexity index is 347. The second kappa shape index (κ2) is 3.54. The highest BCUT2D eigenvalue weighted by atomic mass is 35.7. The third-order valence-electron chi connectivity index (χ3n) is 5.48. The Morgan fingerprint density at radius 2 is 1.35 bits per heavy atom. The lowest BCUT2D eigenvalue weighted by atomic mass is 9.56. The van der Waals surface area contributed by atoms with Crippen LogP contribution in [0.15, 0.2) is 0 Å². The molecule has 0 spiro atoms. The predicted octanol–water partition coefficient (Wildman–Crippen LogP) is 5.27. The summed E-state index contributed by atoms with van der Waals surface area (Å²) >= 11 is 6.69. The van der Waals surface area contributed by atoms with Gasteiger partial charge in [0.2, 0.25) is 0 Å². The van der Waals surface area contributed by atoms with Crippen LogP contribution in [0.4, 0.5) is 0 Å². The Labute approximate surface area is 110 Å². The minimum atomic E-state index is -2.60. The molecule has 4 rings (SSSR count). The summed E-state index contributed by atoms with van der Waals surface area (Å²) in [6.45, 7) is 3.60. The van der Waals surface area contributed by atoms with Crippen LogP contribution in [0.5, 0.6) is 0 Å². The molecule has 4 saturated carbocycles. The van der Waals surface area contributed by atoms with Gasteiger partial charge in [-0.3, -0.25) is 0 Å². The van der Waals surface area contributed by atoms with Crippen LogP contribution in [0.2, 0.25) is 0 Å². The van der Waals surface area contributed by atoms with E-state index in [0.717, 1.165) is 37.0 Å². The van der Waals surface area contributed by atoms with Gasteiger partial charge in [-0.1, -0.05) is 32.0 Å². The average Bonchev–Trinajstić information content (AvgIpc) is 2.12. The van der Waals surface area contributed by atoms with Gasteiger partial charge < -0.3 is 4.57 Å². The van der Waals surface area contributed by atoms with Crippen molar-refractivity contribution in [1.82, 2.24) is 0 Å². The third-order valence-corrected chi connectivity index (χ3v) is 11.6. The molecule has 0 aromatic rings. The Kier molecular flexibility index (Phi) is 2.61. The van der Waals surface area contributed by atoms with Crippen molar-refractivity contribution in [2.45, 2.75) is 69.6 Å². The van der Waals surface area contributed by atoms with Gasteiger partial charge in [0.05, 0.1) is 0 Å². The molecular weight excluding hydrogens is 251 g/mol. The van der Waals surface area contributed by atoms with Crippen LogP contribution in [0, 0.1) is 17.8 Å². The molecule has 0 amide bonds. The summed E-state index contributed by atoms with van der Waals surface area (Å²) in [5, 5.41) is -0.234. The zero-order valence-electron chi connectivity index (χ0n) is 11.2. The maximum absolute atomic E-state index is 13.3. The highest BCUT2D eigenvalue weighted by molar-refractivity contribution is 7.91. The van der Waals surface area contributed by atoms with Crippen molar-refractivity contribution in [3.63, 3.8) is 0 Å². The van der Waals surface area contributed by atoms with E-state index in [2.05, 4.69) is 20.8 Å².